The number of ether oxygens (including phenoxy) is 2. The van der Waals surface area contributed by atoms with Crippen LogP contribution in [0.5, 0.6) is 5.75 Å². The molecular weight excluding hydrogens is 707 g/mol. The fourth-order valence-electron chi connectivity index (χ4n) is 8.13. The molecule has 2 amide bonds. The lowest BCUT2D eigenvalue weighted by Gasteiger charge is -2.48. The highest BCUT2D eigenvalue weighted by Crippen LogP contribution is 2.53. The number of quaternary nitrogens is 1. The van der Waals surface area contributed by atoms with Crippen LogP contribution in [-0.2, 0) is 19.9 Å². The number of fused-ring (bicyclic) bond motifs is 6. The summed E-state index contributed by atoms with van der Waals surface area (Å²) in [4.78, 5) is 41.4. The molecule has 0 spiro atoms. The van der Waals surface area contributed by atoms with E-state index in [4.69, 9.17) is 9.47 Å². The number of nitrogens with zero attached hydrogens (tertiary/aromatic N) is 1. The molecule has 0 saturated carbocycles. The van der Waals surface area contributed by atoms with Crippen LogP contribution in [0.2, 0.25) is 0 Å². The first-order valence-corrected chi connectivity index (χ1v) is 19.6. The summed E-state index contributed by atoms with van der Waals surface area (Å²) >= 11 is 2.66. The van der Waals surface area contributed by atoms with Crippen molar-refractivity contribution < 1.29 is 38.9 Å². The maximum Gasteiger partial charge on any atom is 0.349 e. The topological polar surface area (TPSA) is 188 Å². The molecule has 3 aliphatic heterocycles. The summed E-state index contributed by atoms with van der Waals surface area (Å²) in [6, 6.07) is 13.1. The predicted molar refractivity (Wildman–Crippen MR) is 195 cm³/mol. The fourth-order valence-corrected chi connectivity index (χ4v) is 9.84. The molecule has 2 bridgehead atoms. The summed E-state index contributed by atoms with van der Waals surface area (Å²) in [6.45, 7) is 2.78. The lowest BCUT2D eigenvalue weighted by Crippen LogP contribution is -2.64. The number of unbranched alkanes of at least 4 members (excludes halogenated alkanes) is 2. The number of aromatic amines is 1. The Morgan fingerprint density at radius 2 is 1.67 bits per heavy atom. The van der Waals surface area contributed by atoms with Crippen molar-refractivity contribution in [2.45, 2.75) is 74.2 Å². The molecule has 1 aromatic carbocycles. The van der Waals surface area contributed by atoms with Crippen molar-refractivity contribution in [2.75, 3.05) is 39.8 Å². The van der Waals surface area contributed by atoms with Crippen LogP contribution in [0, 0.1) is 0 Å². The van der Waals surface area contributed by atoms with Crippen molar-refractivity contribution in [1.29, 1.82) is 0 Å². The van der Waals surface area contributed by atoms with E-state index in [1.165, 1.54) is 34.8 Å². The monoisotopic (exact) mass is 751 g/mol. The summed E-state index contributed by atoms with van der Waals surface area (Å²) in [5, 5.41) is 47.9. The second-order valence-corrected chi connectivity index (χ2v) is 16.1. The van der Waals surface area contributed by atoms with Crippen molar-refractivity contribution >= 4 is 45.6 Å². The Bertz CT molecular complexity index is 1870. The first-order chi connectivity index (χ1) is 25.1. The van der Waals surface area contributed by atoms with Gasteiger partial charge in [-0.15, -0.1) is 22.7 Å². The molecule has 4 unspecified atom stereocenters. The van der Waals surface area contributed by atoms with Gasteiger partial charge in [0.1, 0.15) is 30.4 Å². The van der Waals surface area contributed by atoms with E-state index < -0.39 is 17.7 Å². The van der Waals surface area contributed by atoms with Crippen LogP contribution in [0.15, 0.2) is 64.1 Å². The van der Waals surface area contributed by atoms with Gasteiger partial charge in [-0.05, 0) is 53.9 Å². The second kappa shape index (κ2) is 15.3. The largest absolute Gasteiger partial charge is 0.871 e. The zero-order valence-corrected chi connectivity index (χ0v) is 30.5. The molecule has 15 heteroatoms. The maximum absolute atomic E-state index is 13.6. The number of thiophene rings is 2. The number of likely N-dealkylation sites (N-methyl/N-ethyl adjacent to an activating group) is 1. The van der Waals surface area contributed by atoms with Crippen LogP contribution < -0.4 is 26.6 Å². The first kappa shape index (κ1) is 36.5. The Morgan fingerprint density at radius 3 is 2.35 bits per heavy atom. The highest BCUT2D eigenvalue weighted by molar-refractivity contribution is 7.12. The molecule has 3 aromatic heterocycles. The minimum Gasteiger partial charge on any atom is -0.871 e. The number of epoxide rings is 1. The highest BCUT2D eigenvalue weighted by atomic mass is 32.1. The Kier molecular flexibility index (Phi) is 10.7. The number of esters is 1. The summed E-state index contributed by atoms with van der Waals surface area (Å²) in [5.74, 6) is -0.931. The Morgan fingerprint density at radius 1 is 1.00 bits per heavy atom. The molecule has 13 nitrogen and oxygen atoms in total. The van der Waals surface area contributed by atoms with Gasteiger partial charge in [-0.25, -0.2) is 9.59 Å². The number of carbonyl (C=O) groups excluding carboxylic acids is 2. The van der Waals surface area contributed by atoms with Crippen LogP contribution in [0.3, 0.4) is 0 Å². The van der Waals surface area contributed by atoms with Crippen LogP contribution in [0.4, 0.5) is 4.79 Å². The molecule has 3 saturated heterocycles. The Balaban J connectivity index is 0.796. The molecule has 3 aliphatic rings. The normalized spacial score (nSPS) is 25.4. The number of aromatic nitrogens is 1. The van der Waals surface area contributed by atoms with Gasteiger partial charge in [-0.2, -0.15) is 0 Å². The van der Waals surface area contributed by atoms with Gasteiger partial charge >= 0.3 is 12.0 Å². The average molecular weight is 752 g/mol. The van der Waals surface area contributed by atoms with Gasteiger partial charge in [0.05, 0.1) is 36.0 Å². The lowest BCUT2D eigenvalue weighted by atomic mass is 9.94. The molecule has 5 atom stereocenters. The van der Waals surface area contributed by atoms with Gasteiger partial charge in [-0.1, -0.05) is 36.4 Å². The van der Waals surface area contributed by atoms with Crippen LogP contribution in [0.1, 0.15) is 53.5 Å². The zero-order valence-electron chi connectivity index (χ0n) is 28.9. The Hall–Kier alpha value is -3.83. The van der Waals surface area contributed by atoms with E-state index in [0.29, 0.717) is 59.7 Å². The smallest absolute Gasteiger partial charge is 0.349 e. The van der Waals surface area contributed by atoms with Gasteiger partial charge in [0.25, 0.3) is 0 Å². The maximum atomic E-state index is 13.6. The third kappa shape index (κ3) is 7.23. The number of piperidine rings is 1. The molecule has 278 valence electrons. The summed E-state index contributed by atoms with van der Waals surface area (Å²) in [6.07, 6.45) is 2.93. The number of hydrogen-bond donors (Lipinski definition) is 6. The zero-order chi connectivity index (χ0) is 36.5. The average Bonchev–Trinajstić information content (AvgIpc) is 3.42. The number of nitrogens with one attached hydrogen (secondary N) is 4. The van der Waals surface area contributed by atoms with Crippen molar-refractivity contribution in [3.05, 3.63) is 85.0 Å². The molecule has 7 rings (SSSR count). The number of hydrogen-bond acceptors (Lipinski definition) is 11. The van der Waals surface area contributed by atoms with Gasteiger partial charge in [-0.3, -0.25) is 4.79 Å². The molecular formula is C37H45N5O8S2. The third-order valence-corrected chi connectivity index (χ3v) is 12.9. The number of morpholine rings is 1. The molecule has 0 aliphatic carbocycles. The Labute approximate surface area is 309 Å². The number of urea groups is 1. The minimum atomic E-state index is -1.83. The predicted octanol–water partition coefficient (Wildman–Crippen LogP) is 2.42. The van der Waals surface area contributed by atoms with Crippen molar-refractivity contribution in [3.63, 3.8) is 0 Å². The van der Waals surface area contributed by atoms with Crippen LogP contribution in [0.25, 0.3) is 10.9 Å². The fraction of sp³-hybridized carbons (Fsp3) is 0.486. The van der Waals surface area contributed by atoms with Gasteiger partial charge in [0.15, 0.2) is 0 Å². The van der Waals surface area contributed by atoms with E-state index in [1.54, 1.807) is 24.3 Å². The van der Waals surface area contributed by atoms with E-state index in [2.05, 4.69) is 28.0 Å². The molecule has 6 N–H and O–H groups in total. The SMILES string of the molecule is C[N+]1(CCNC(=O)NCCCCCNC[C@H](O)c2ccc([O-])c3[nH]c(=O)ccc23)C2CC(OC(=O)C(O)(c3cccs3)c3cccs3)CC1C1OC12. The molecule has 0 radical (unpaired) electrons. The van der Waals surface area contributed by atoms with Crippen molar-refractivity contribution in [1.82, 2.24) is 20.9 Å². The molecule has 3 fully saturated rings. The summed E-state index contributed by atoms with van der Waals surface area (Å²) in [7, 11) is 2.20. The lowest BCUT2D eigenvalue weighted by molar-refractivity contribution is -0.955. The first-order valence-electron chi connectivity index (χ1n) is 17.8. The van der Waals surface area contributed by atoms with Gasteiger partial charge < -0.3 is 50.2 Å². The number of carbonyl (C=O) groups is 2. The van der Waals surface area contributed by atoms with Crippen LogP contribution >= 0.6 is 22.7 Å². The number of H-pyrrole nitrogens is 1. The molecule has 52 heavy (non-hydrogen) atoms. The van der Waals surface area contributed by atoms with E-state index in [-0.39, 0.29) is 53.3 Å². The second-order valence-electron chi connectivity index (χ2n) is 14.2. The van der Waals surface area contributed by atoms with Crippen molar-refractivity contribution in [3.8, 4) is 5.75 Å². The molecule has 6 heterocycles. The number of pyridine rings is 1. The number of rotatable bonds is 16. The van der Waals surface area contributed by atoms with E-state index >= 15 is 0 Å². The van der Waals surface area contributed by atoms with Gasteiger partial charge in [0.2, 0.25) is 11.2 Å². The van der Waals surface area contributed by atoms with Crippen LogP contribution in [-0.4, -0.2) is 102 Å². The minimum absolute atomic E-state index is 0.121. The molecule has 4 aromatic rings. The standard InChI is InChI=1S/C37H45N5O8S2/c1-42(25-19-22(20-26(42)34-33(25)50-34)49-35(46)37(48,29-7-5-17-51-29)30-8-6-18-52-30)16-15-40-36(47)39-14-4-2-3-13-38-21-28(44)23-9-11-27(43)32-24(23)10-12-31(45)41-32/h5-12,17-18,22,25-26,28,33-34,38,44,48H,2-4,13-16,19-21H2,1H3,(H3-,39,40,41,43,45,47)/t22?,25?,26?,28-,33?,34?,42?/m0/s1. The number of amides is 2. The summed E-state index contributed by atoms with van der Waals surface area (Å²) in [5.41, 5.74) is -1.41. The summed E-state index contributed by atoms with van der Waals surface area (Å²) < 4.78 is 12.8. The van der Waals surface area contributed by atoms with Crippen molar-refractivity contribution in [2.24, 2.45) is 0 Å². The van der Waals surface area contributed by atoms with E-state index in [0.717, 1.165) is 30.3 Å². The van der Waals surface area contributed by atoms with E-state index in [1.807, 2.05) is 22.9 Å². The highest BCUT2D eigenvalue weighted by Gasteiger charge is 2.72. The number of aliphatic hydroxyl groups is 2. The quantitative estimate of drug-likeness (QED) is 0.0433. The third-order valence-electron chi connectivity index (χ3n) is 11.0. The number of benzene rings is 1. The number of aliphatic hydroxyl groups excluding tert-OH is 1. The van der Waals surface area contributed by atoms with Gasteiger partial charge in [0, 0.05) is 42.9 Å². The van der Waals surface area contributed by atoms with E-state index in [9.17, 15) is 29.7 Å².